The topological polar surface area (TPSA) is 104 Å². The number of thiophene rings is 1. The van der Waals surface area contributed by atoms with Crippen molar-refractivity contribution >= 4 is 50.0 Å². The van der Waals surface area contributed by atoms with Gasteiger partial charge in [0.25, 0.3) is 5.91 Å². The first-order valence-electron chi connectivity index (χ1n) is 12.4. The van der Waals surface area contributed by atoms with Gasteiger partial charge in [0.1, 0.15) is 16.1 Å². The molecule has 0 bridgehead atoms. The lowest BCUT2D eigenvalue weighted by Crippen LogP contribution is -2.21. The summed E-state index contributed by atoms with van der Waals surface area (Å²) < 4.78 is 21.7. The Bertz CT molecular complexity index is 1840. The Morgan fingerprint density at radius 3 is 2.67 bits per heavy atom. The van der Waals surface area contributed by atoms with Crippen molar-refractivity contribution in [2.24, 2.45) is 0 Å². The maximum absolute atomic E-state index is 13.4. The molecule has 5 aromatic rings. The van der Waals surface area contributed by atoms with Crippen LogP contribution in [0.5, 0.6) is 11.5 Å². The molecule has 0 saturated heterocycles. The van der Waals surface area contributed by atoms with Crippen LogP contribution < -0.4 is 20.4 Å². The number of hydrogen-bond acceptors (Lipinski definition) is 8. The Morgan fingerprint density at radius 1 is 1.00 bits per heavy atom. The lowest BCUT2D eigenvalue weighted by Gasteiger charge is -2.08. The van der Waals surface area contributed by atoms with Gasteiger partial charge in [0.05, 0.1) is 12.2 Å². The van der Waals surface area contributed by atoms with Crippen molar-refractivity contribution in [3.8, 4) is 11.5 Å². The standard InChI is InChI=1S/C30H23NO7S/c1-3-35-30(34)26-16(2)25(13-17-8-10-23-24(12-17)37-15-36-23)39-28(26)31-27(32)21-14-20-19-7-5-4-6-18(19)9-11-22(20)38-29(21)33/h4-12,14H,3,13,15H2,1-2H3,(H,31,32). The van der Waals surface area contributed by atoms with Gasteiger partial charge in [-0.15, -0.1) is 11.3 Å². The van der Waals surface area contributed by atoms with Crippen LogP contribution in [0.2, 0.25) is 0 Å². The van der Waals surface area contributed by atoms with Crippen molar-refractivity contribution in [2.75, 3.05) is 18.7 Å². The van der Waals surface area contributed by atoms with E-state index in [1.807, 2.05) is 55.5 Å². The fourth-order valence-corrected chi connectivity index (χ4v) is 5.93. The van der Waals surface area contributed by atoms with Gasteiger partial charge in [-0.05, 0) is 60.0 Å². The van der Waals surface area contributed by atoms with Crippen LogP contribution >= 0.6 is 11.3 Å². The third-order valence-corrected chi connectivity index (χ3v) is 7.85. The van der Waals surface area contributed by atoms with Gasteiger partial charge in [-0.1, -0.05) is 36.4 Å². The number of nitrogens with one attached hydrogen (secondary N) is 1. The van der Waals surface area contributed by atoms with E-state index in [2.05, 4.69) is 5.32 Å². The molecule has 0 atom stereocenters. The number of benzene rings is 3. The fraction of sp³-hybridized carbons (Fsp3) is 0.167. The molecule has 1 N–H and O–H groups in total. The van der Waals surface area contributed by atoms with Crippen LogP contribution in [0.3, 0.4) is 0 Å². The number of esters is 1. The first-order chi connectivity index (χ1) is 18.9. The van der Waals surface area contributed by atoms with Crippen molar-refractivity contribution in [1.29, 1.82) is 0 Å². The molecule has 6 rings (SSSR count). The van der Waals surface area contributed by atoms with Crippen LogP contribution in [0, 0.1) is 6.92 Å². The number of amides is 1. The predicted molar refractivity (Wildman–Crippen MR) is 148 cm³/mol. The molecular formula is C30H23NO7S. The quantitative estimate of drug-likeness (QED) is 0.158. The summed E-state index contributed by atoms with van der Waals surface area (Å²) >= 11 is 1.27. The minimum Gasteiger partial charge on any atom is -0.462 e. The van der Waals surface area contributed by atoms with Gasteiger partial charge in [-0.3, -0.25) is 4.79 Å². The molecular weight excluding hydrogens is 518 g/mol. The van der Waals surface area contributed by atoms with Crippen LogP contribution in [0.15, 0.2) is 69.9 Å². The summed E-state index contributed by atoms with van der Waals surface area (Å²) in [6.45, 7) is 3.89. The van der Waals surface area contributed by atoms with Gasteiger partial charge in [-0.2, -0.15) is 0 Å². The molecule has 3 heterocycles. The Kier molecular flexibility index (Phi) is 6.28. The maximum atomic E-state index is 13.4. The first kappa shape index (κ1) is 24.7. The fourth-order valence-electron chi connectivity index (χ4n) is 4.70. The van der Waals surface area contributed by atoms with Gasteiger partial charge in [0.2, 0.25) is 6.79 Å². The average molecular weight is 542 g/mol. The van der Waals surface area contributed by atoms with Crippen LogP contribution in [0.25, 0.3) is 21.7 Å². The maximum Gasteiger partial charge on any atom is 0.349 e. The van der Waals surface area contributed by atoms with Crippen molar-refractivity contribution < 1.29 is 28.2 Å². The second-order valence-corrected chi connectivity index (χ2v) is 10.1. The third-order valence-electron chi connectivity index (χ3n) is 6.64. The number of anilines is 1. The molecule has 0 saturated carbocycles. The van der Waals surface area contributed by atoms with Crippen LogP contribution in [-0.2, 0) is 11.2 Å². The minimum absolute atomic E-state index is 0.156. The number of fused-ring (bicyclic) bond motifs is 4. The van der Waals surface area contributed by atoms with E-state index in [0.717, 1.165) is 21.2 Å². The van der Waals surface area contributed by atoms with E-state index >= 15 is 0 Å². The number of hydrogen-bond donors (Lipinski definition) is 1. The normalized spacial score (nSPS) is 12.2. The summed E-state index contributed by atoms with van der Waals surface area (Å²) in [6, 6.07) is 18.4. The van der Waals surface area contributed by atoms with Crippen molar-refractivity contribution in [3.05, 3.63) is 98.2 Å². The monoisotopic (exact) mass is 541 g/mol. The minimum atomic E-state index is -0.762. The molecule has 0 aliphatic carbocycles. The lowest BCUT2D eigenvalue weighted by molar-refractivity contribution is 0.0527. The van der Waals surface area contributed by atoms with E-state index in [1.54, 1.807) is 13.0 Å². The third kappa shape index (κ3) is 4.51. The van der Waals surface area contributed by atoms with Crippen LogP contribution in [0.1, 0.15) is 43.6 Å². The zero-order chi connectivity index (χ0) is 27.1. The molecule has 2 aromatic heterocycles. The molecule has 0 fully saturated rings. The SMILES string of the molecule is CCOC(=O)c1c(NC(=O)c2cc3c(ccc4ccccc43)oc2=O)sc(Cc2ccc3c(c2)OCO3)c1C. The van der Waals surface area contributed by atoms with Gasteiger partial charge >= 0.3 is 11.6 Å². The number of ether oxygens (including phenoxy) is 3. The lowest BCUT2D eigenvalue weighted by atomic mass is 10.0. The zero-order valence-corrected chi connectivity index (χ0v) is 22.0. The van der Waals surface area contributed by atoms with Crippen molar-refractivity contribution in [3.63, 3.8) is 0 Å². The molecule has 1 aliphatic rings. The largest absolute Gasteiger partial charge is 0.462 e. The number of carbonyl (C=O) groups excluding carboxylic acids is 2. The molecule has 196 valence electrons. The summed E-state index contributed by atoms with van der Waals surface area (Å²) in [5.74, 6) is 0.134. The second-order valence-electron chi connectivity index (χ2n) is 9.04. The molecule has 1 aliphatic heterocycles. The van der Waals surface area contributed by atoms with Gasteiger partial charge in [-0.25, -0.2) is 9.59 Å². The summed E-state index contributed by atoms with van der Waals surface area (Å²) in [7, 11) is 0. The van der Waals surface area contributed by atoms with E-state index in [1.165, 1.54) is 17.4 Å². The average Bonchev–Trinajstić information content (AvgIpc) is 3.51. The Morgan fingerprint density at radius 2 is 1.82 bits per heavy atom. The number of carbonyl (C=O) groups is 2. The smallest absolute Gasteiger partial charge is 0.349 e. The Labute approximate surface area is 226 Å². The first-order valence-corrected chi connectivity index (χ1v) is 13.2. The van der Waals surface area contributed by atoms with E-state index in [9.17, 15) is 14.4 Å². The van der Waals surface area contributed by atoms with E-state index in [-0.39, 0.29) is 24.5 Å². The highest BCUT2D eigenvalue weighted by molar-refractivity contribution is 7.17. The molecule has 3 aromatic carbocycles. The van der Waals surface area contributed by atoms with Gasteiger partial charge < -0.3 is 23.9 Å². The predicted octanol–water partition coefficient (Wildman–Crippen LogP) is 6.06. The van der Waals surface area contributed by atoms with Crippen LogP contribution in [0.4, 0.5) is 5.00 Å². The molecule has 39 heavy (non-hydrogen) atoms. The zero-order valence-electron chi connectivity index (χ0n) is 21.2. The van der Waals surface area contributed by atoms with E-state index < -0.39 is 17.5 Å². The molecule has 0 spiro atoms. The highest BCUT2D eigenvalue weighted by Crippen LogP contribution is 2.38. The molecule has 0 unspecified atom stereocenters. The van der Waals surface area contributed by atoms with E-state index in [0.29, 0.717) is 39.5 Å². The number of rotatable bonds is 6. The molecule has 9 heteroatoms. The summed E-state index contributed by atoms with van der Waals surface area (Å²) in [4.78, 5) is 40.0. The summed E-state index contributed by atoms with van der Waals surface area (Å²) in [6.07, 6.45) is 0.500. The molecule has 8 nitrogen and oxygen atoms in total. The van der Waals surface area contributed by atoms with E-state index in [4.69, 9.17) is 18.6 Å². The van der Waals surface area contributed by atoms with Crippen molar-refractivity contribution in [1.82, 2.24) is 0 Å². The summed E-state index contributed by atoms with van der Waals surface area (Å²) in [5, 5.41) is 5.55. The molecule has 0 radical (unpaired) electrons. The second kappa shape index (κ2) is 9.92. The van der Waals surface area contributed by atoms with Crippen LogP contribution in [-0.4, -0.2) is 25.3 Å². The van der Waals surface area contributed by atoms with Crippen molar-refractivity contribution in [2.45, 2.75) is 20.3 Å². The Hall–Kier alpha value is -4.63. The Balaban J connectivity index is 1.37. The highest BCUT2D eigenvalue weighted by Gasteiger charge is 2.26. The summed E-state index contributed by atoms with van der Waals surface area (Å²) in [5.41, 5.74) is 1.39. The highest BCUT2D eigenvalue weighted by atomic mass is 32.1. The van der Waals surface area contributed by atoms with Gasteiger partial charge in [0, 0.05) is 16.7 Å². The molecule has 1 amide bonds. The van der Waals surface area contributed by atoms with Gasteiger partial charge in [0.15, 0.2) is 11.5 Å².